The van der Waals surface area contributed by atoms with Gasteiger partial charge in [-0.3, -0.25) is 0 Å². The lowest BCUT2D eigenvalue weighted by atomic mass is 9.58. The first-order chi connectivity index (χ1) is 10.1. The molecule has 1 saturated heterocycles. The molecule has 0 N–H and O–H groups in total. The zero-order chi connectivity index (χ0) is 15.0. The predicted molar refractivity (Wildman–Crippen MR) is 89.2 cm³/mol. The molecule has 0 aromatic heterocycles. The minimum Gasteiger partial charge on any atom is -0.378 e. The SMILES string of the molecule is CC.CC1(C)CCC2C(=CCC3C4CCCC4OCC23)C1. The molecule has 0 spiro atoms. The van der Waals surface area contributed by atoms with E-state index in [0.29, 0.717) is 11.5 Å². The molecule has 1 nitrogen and oxygen atoms in total. The predicted octanol–water partition coefficient (Wildman–Crippen LogP) is 5.60. The standard InChI is InChI=1S/C18H28O.C2H6/c1-18(2)9-8-13-12(10-18)6-7-14-15-4-3-5-17(15)19-11-16(13)14;1-2/h6,13-17H,3-5,7-11H2,1-2H3;1-2H3. The van der Waals surface area contributed by atoms with E-state index in [0.717, 1.165) is 30.3 Å². The zero-order valence-electron chi connectivity index (χ0n) is 14.5. The second-order valence-corrected chi connectivity index (χ2v) is 8.30. The van der Waals surface area contributed by atoms with Crippen LogP contribution in [0.5, 0.6) is 0 Å². The average Bonchev–Trinajstić information content (AvgIpc) is 2.96. The lowest BCUT2D eigenvalue weighted by molar-refractivity contribution is -0.0966. The van der Waals surface area contributed by atoms with Crippen molar-refractivity contribution >= 4 is 0 Å². The number of hydrogen-bond acceptors (Lipinski definition) is 1. The number of rotatable bonds is 0. The summed E-state index contributed by atoms with van der Waals surface area (Å²) < 4.78 is 6.25. The van der Waals surface area contributed by atoms with Crippen LogP contribution in [0.1, 0.15) is 72.6 Å². The first kappa shape index (κ1) is 15.6. The molecule has 0 amide bonds. The van der Waals surface area contributed by atoms with Crippen LogP contribution in [0.15, 0.2) is 11.6 Å². The molecule has 3 aliphatic carbocycles. The zero-order valence-corrected chi connectivity index (χ0v) is 14.5. The molecule has 4 aliphatic rings. The van der Waals surface area contributed by atoms with Gasteiger partial charge in [-0.15, -0.1) is 0 Å². The maximum absolute atomic E-state index is 6.25. The van der Waals surface area contributed by atoms with Gasteiger partial charge in [-0.1, -0.05) is 45.8 Å². The highest BCUT2D eigenvalue weighted by Gasteiger charge is 2.48. The number of fused-ring (bicyclic) bond motifs is 5. The summed E-state index contributed by atoms with van der Waals surface area (Å²) >= 11 is 0. The van der Waals surface area contributed by atoms with Crippen LogP contribution in [0.4, 0.5) is 0 Å². The molecular formula is C20H34O. The fraction of sp³-hybridized carbons (Fsp3) is 0.900. The Kier molecular flexibility index (Phi) is 4.50. The van der Waals surface area contributed by atoms with Crippen LogP contribution < -0.4 is 0 Å². The van der Waals surface area contributed by atoms with Crippen LogP contribution in [0.3, 0.4) is 0 Å². The van der Waals surface area contributed by atoms with Crippen LogP contribution in [0.25, 0.3) is 0 Å². The van der Waals surface area contributed by atoms with Gasteiger partial charge in [-0.05, 0) is 67.6 Å². The molecule has 5 unspecified atom stereocenters. The Morgan fingerprint density at radius 2 is 1.86 bits per heavy atom. The number of hydrogen-bond donors (Lipinski definition) is 0. The molecule has 2 saturated carbocycles. The van der Waals surface area contributed by atoms with Crippen molar-refractivity contribution in [3.63, 3.8) is 0 Å². The summed E-state index contributed by atoms with van der Waals surface area (Å²) in [6, 6.07) is 0. The summed E-state index contributed by atoms with van der Waals surface area (Å²) in [4.78, 5) is 0. The van der Waals surface area contributed by atoms with E-state index in [-0.39, 0.29) is 0 Å². The molecule has 3 fully saturated rings. The summed E-state index contributed by atoms with van der Waals surface area (Å²) in [5, 5.41) is 0. The molecule has 0 aromatic carbocycles. The normalized spacial score (nSPS) is 43.6. The summed E-state index contributed by atoms with van der Waals surface area (Å²) in [5.41, 5.74) is 2.33. The highest BCUT2D eigenvalue weighted by Crippen LogP contribution is 2.54. The van der Waals surface area contributed by atoms with E-state index in [9.17, 15) is 0 Å². The highest BCUT2D eigenvalue weighted by molar-refractivity contribution is 5.19. The van der Waals surface area contributed by atoms with Crippen molar-refractivity contribution in [2.24, 2.45) is 29.1 Å². The monoisotopic (exact) mass is 290 g/mol. The van der Waals surface area contributed by atoms with Gasteiger partial charge in [0.05, 0.1) is 12.7 Å². The molecule has 0 aromatic rings. The Morgan fingerprint density at radius 1 is 1.05 bits per heavy atom. The highest BCUT2D eigenvalue weighted by atomic mass is 16.5. The largest absolute Gasteiger partial charge is 0.378 e. The number of allylic oxidation sites excluding steroid dienone is 2. The van der Waals surface area contributed by atoms with E-state index in [1.807, 2.05) is 13.8 Å². The first-order valence-corrected chi connectivity index (χ1v) is 9.45. The van der Waals surface area contributed by atoms with Gasteiger partial charge in [-0.2, -0.15) is 0 Å². The summed E-state index contributed by atoms with van der Waals surface area (Å²) in [6.07, 6.45) is 13.0. The maximum atomic E-state index is 6.25. The Balaban J connectivity index is 0.000000636. The van der Waals surface area contributed by atoms with Gasteiger partial charge >= 0.3 is 0 Å². The van der Waals surface area contributed by atoms with E-state index in [4.69, 9.17) is 4.74 Å². The van der Waals surface area contributed by atoms with Crippen molar-refractivity contribution in [3.8, 4) is 0 Å². The molecule has 0 radical (unpaired) electrons. The molecule has 5 atom stereocenters. The smallest absolute Gasteiger partial charge is 0.0606 e. The Hall–Kier alpha value is -0.300. The molecule has 1 heteroatoms. The van der Waals surface area contributed by atoms with Gasteiger partial charge in [0.2, 0.25) is 0 Å². The summed E-state index contributed by atoms with van der Waals surface area (Å²) in [6.45, 7) is 9.95. The second kappa shape index (κ2) is 6.07. The van der Waals surface area contributed by atoms with Gasteiger partial charge in [0.1, 0.15) is 0 Å². The number of ether oxygens (including phenoxy) is 1. The van der Waals surface area contributed by atoms with Gasteiger partial charge in [0.15, 0.2) is 0 Å². The molecule has 1 aliphatic heterocycles. The second-order valence-electron chi connectivity index (χ2n) is 8.30. The van der Waals surface area contributed by atoms with E-state index in [1.54, 1.807) is 5.57 Å². The van der Waals surface area contributed by atoms with Gasteiger partial charge < -0.3 is 4.74 Å². The van der Waals surface area contributed by atoms with Gasteiger partial charge in [0.25, 0.3) is 0 Å². The van der Waals surface area contributed by atoms with Crippen molar-refractivity contribution < 1.29 is 4.74 Å². The summed E-state index contributed by atoms with van der Waals surface area (Å²) in [7, 11) is 0. The molecule has 21 heavy (non-hydrogen) atoms. The Bertz CT molecular complexity index is 395. The maximum Gasteiger partial charge on any atom is 0.0606 e. The molecule has 120 valence electrons. The lowest BCUT2D eigenvalue weighted by Gasteiger charge is -2.50. The fourth-order valence-corrected chi connectivity index (χ4v) is 5.60. The fourth-order valence-electron chi connectivity index (χ4n) is 5.60. The van der Waals surface area contributed by atoms with Crippen molar-refractivity contribution in [2.45, 2.75) is 78.7 Å². The third-order valence-electron chi connectivity index (χ3n) is 6.57. The summed E-state index contributed by atoms with van der Waals surface area (Å²) in [5.74, 6) is 3.58. The van der Waals surface area contributed by atoms with Crippen molar-refractivity contribution in [2.75, 3.05) is 6.61 Å². The molecule has 1 heterocycles. The minimum atomic E-state index is 0.542. The van der Waals surface area contributed by atoms with E-state index in [2.05, 4.69) is 19.9 Å². The topological polar surface area (TPSA) is 9.23 Å². The third kappa shape index (κ3) is 2.83. The molecular weight excluding hydrogens is 256 g/mol. The van der Waals surface area contributed by atoms with Gasteiger partial charge in [0, 0.05) is 0 Å². The Morgan fingerprint density at radius 3 is 2.67 bits per heavy atom. The van der Waals surface area contributed by atoms with E-state index in [1.165, 1.54) is 44.9 Å². The van der Waals surface area contributed by atoms with Crippen molar-refractivity contribution in [1.82, 2.24) is 0 Å². The van der Waals surface area contributed by atoms with Crippen LogP contribution in [0.2, 0.25) is 0 Å². The van der Waals surface area contributed by atoms with Crippen molar-refractivity contribution in [1.29, 1.82) is 0 Å². The average molecular weight is 290 g/mol. The van der Waals surface area contributed by atoms with Crippen LogP contribution >= 0.6 is 0 Å². The van der Waals surface area contributed by atoms with Crippen LogP contribution in [-0.2, 0) is 4.74 Å². The van der Waals surface area contributed by atoms with E-state index >= 15 is 0 Å². The Labute approximate surface area is 131 Å². The minimum absolute atomic E-state index is 0.542. The van der Waals surface area contributed by atoms with E-state index < -0.39 is 0 Å². The van der Waals surface area contributed by atoms with Crippen molar-refractivity contribution in [3.05, 3.63) is 11.6 Å². The van der Waals surface area contributed by atoms with Crippen LogP contribution in [0, 0.1) is 29.1 Å². The molecule has 0 bridgehead atoms. The quantitative estimate of drug-likeness (QED) is 0.528. The third-order valence-corrected chi connectivity index (χ3v) is 6.57. The first-order valence-electron chi connectivity index (χ1n) is 9.45. The van der Waals surface area contributed by atoms with Gasteiger partial charge in [-0.25, -0.2) is 0 Å². The lowest BCUT2D eigenvalue weighted by Crippen LogP contribution is -2.46. The van der Waals surface area contributed by atoms with Crippen LogP contribution in [-0.4, -0.2) is 12.7 Å². The molecule has 4 rings (SSSR count).